The molecule has 0 bridgehead atoms. The van der Waals surface area contributed by atoms with Crippen LogP contribution in [0, 0.1) is 19.8 Å². The highest BCUT2D eigenvalue weighted by molar-refractivity contribution is 5.94. The van der Waals surface area contributed by atoms with Crippen LogP contribution in [0.3, 0.4) is 0 Å². The van der Waals surface area contributed by atoms with Gasteiger partial charge >= 0.3 is 0 Å². The minimum Gasteiger partial charge on any atom is -0.339 e. The SMILES string of the molecule is CCN(CC(C)CN)C(=O)c1ccc(C)c(C)c1. The van der Waals surface area contributed by atoms with Crippen LogP contribution in [0.15, 0.2) is 18.2 Å². The van der Waals surface area contributed by atoms with Gasteiger partial charge in [0.1, 0.15) is 0 Å². The molecule has 18 heavy (non-hydrogen) atoms. The van der Waals surface area contributed by atoms with Gasteiger partial charge < -0.3 is 10.6 Å². The van der Waals surface area contributed by atoms with Crippen molar-refractivity contribution < 1.29 is 4.79 Å². The van der Waals surface area contributed by atoms with Crippen LogP contribution in [0.2, 0.25) is 0 Å². The Labute approximate surface area is 110 Å². The van der Waals surface area contributed by atoms with E-state index in [9.17, 15) is 4.79 Å². The lowest BCUT2D eigenvalue weighted by Gasteiger charge is -2.24. The van der Waals surface area contributed by atoms with E-state index in [2.05, 4.69) is 13.8 Å². The molecule has 0 heterocycles. The highest BCUT2D eigenvalue weighted by atomic mass is 16.2. The Kier molecular flexibility index (Phi) is 5.35. The van der Waals surface area contributed by atoms with Crippen molar-refractivity contribution in [2.45, 2.75) is 27.7 Å². The maximum absolute atomic E-state index is 12.4. The van der Waals surface area contributed by atoms with Crippen molar-refractivity contribution >= 4 is 5.91 Å². The Hall–Kier alpha value is -1.35. The van der Waals surface area contributed by atoms with E-state index in [1.54, 1.807) is 0 Å². The molecule has 1 aromatic rings. The first-order chi connectivity index (χ1) is 8.49. The summed E-state index contributed by atoms with van der Waals surface area (Å²) >= 11 is 0. The topological polar surface area (TPSA) is 46.3 Å². The molecule has 0 fully saturated rings. The van der Waals surface area contributed by atoms with Crippen LogP contribution in [0.1, 0.15) is 35.3 Å². The number of nitrogens with zero attached hydrogens (tertiary/aromatic N) is 1. The smallest absolute Gasteiger partial charge is 0.253 e. The van der Waals surface area contributed by atoms with E-state index in [1.807, 2.05) is 36.9 Å². The predicted octanol–water partition coefficient (Wildman–Crippen LogP) is 2.36. The highest BCUT2D eigenvalue weighted by Crippen LogP contribution is 2.13. The van der Waals surface area contributed by atoms with E-state index in [0.29, 0.717) is 12.5 Å². The van der Waals surface area contributed by atoms with Gasteiger partial charge in [0.25, 0.3) is 5.91 Å². The number of carbonyl (C=O) groups excluding carboxylic acids is 1. The highest BCUT2D eigenvalue weighted by Gasteiger charge is 2.16. The van der Waals surface area contributed by atoms with Gasteiger partial charge in [-0.05, 0) is 56.5 Å². The summed E-state index contributed by atoms with van der Waals surface area (Å²) < 4.78 is 0. The van der Waals surface area contributed by atoms with Gasteiger partial charge in [-0.3, -0.25) is 4.79 Å². The van der Waals surface area contributed by atoms with Crippen LogP contribution in [0.25, 0.3) is 0 Å². The fraction of sp³-hybridized carbons (Fsp3) is 0.533. The number of hydrogen-bond donors (Lipinski definition) is 1. The maximum Gasteiger partial charge on any atom is 0.253 e. The average molecular weight is 248 g/mol. The molecule has 1 unspecified atom stereocenters. The Morgan fingerprint density at radius 1 is 1.33 bits per heavy atom. The second-order valence-electron chi connectivity index (χ2n) is 4.98. The molecule has 0 aromatic heterocycles. The zero-order valence-electron chi connectivity index (χ0n) is 11.9. The van der Waals surface area contributed by atoms with Gasteiger partial charge in [0.2, 0.25) is 0 Å². The number of hydrogen-bond acceptors (Lipinski definition) is 2. The van der Waals surface area contributed by atoms with Crippen molar-refractivity contribution in [3.05, 3.63) is 34.9 Å². The third-order valence-corrected chi connectivity index (χ3v) is 3.36. The Balaban J connectivity index is 2.86. The minimum atomic E-state index is 0.0981. The summed E-state index contributed by atoms with van der Waals surface area (Å²) in [7, 11) is 0. The third-order valence-electron chi connectivity index (χ3n) is 3.36. The molecule has 3 heteroatoms. The first kappa shape index (κ1) is 14.7. The summed E-state index contributed by atoms with van der Waals surface area (Å²) in [4.78, 5) is 14.2. The predicted molar refractivity (Wildman–Crippen MR) is 75.7 cm³/mol. The molecule has 1 rings (SSSR count). The maximum atomic E-state index is 12.4. The summed E-state index contributed by atoms with van der Waals surface area (Å²) in [6, 6.07) is 5.87. The standard InChI is InChI=1S/C15H24N2O/c1-5-17(10-11(2)9-16)15(18)14-7-6-12(3)13(4)8-14/h6-8,11H,5,9-10,16H2,1-4H3. The minimum absolute atomic E-state index is 0.0981. The molecule has 2 N–H and O–H groups in total. The van der Waals surface area contributed by atoms with Crippen molar-refractivity contribution in [3.8, 4) is 0 Å². The molecule has 0 aliphatic rings. The molecule has 0 saturated carbocycles. The molecule has 1 atom stereocenters. The summed E-state index contributed by atoms with van der Waals surface area (Å²) in [5, 5.41) is 0. The summed E-state index contributed by atoms with van der Waals surface area (Å²) in [5.74, 6) is 0.432. The molecule has 0 saturated heterocycles. The second-order valence-corrected chi connectivity index (χ2v) is 4.98. The number of rotatable bonds is 5. The van der Waals surface area contributed by atoms with Crippen LogP contribution in [0.5, 0.6) is 0 Å². The van der Waals surface area contributed by atoms with Crippen molar-refractivity contribution in [3.63, 3.8) is 0 Å². The van der Waals surface area contributed by atoms with E-state index < -0.39 is 0 Å². The quantitative estimate of drug-likeness (QED) is 0.869. The van der Waals surface area contributed by atoms with Crippen LogP contribution >= 0.6 is 0 Å². The Morgan fingerprint density at radius 3 is 2.50 bits per heavy atom. The van der Waals surface area contributed by atoms with Gasteiger partial charge in [-0.2, -0.15) is 0 Å². The van der Waals surface area contributed by atoms with E-state index in [-0.39, 0.29) is 5.91 Å². The van der Waals surface area contributed by atoms with Gasteiger partial charge in [0.15, 0.2) is 0 Å². The monoisotopic (exact) mass is 248 g/mol. The Morgan fingerprint density at radius 2 is 2.00 bits per heavy atom. The van der Waals surface area contributed by atoms with E-state index in [1.165, 1.54) is 5.56 Å². The average Bonchev–Trinajstić information content (AvgIpc) is 2.38. The molecule has 1 aromatic carbocycles. The van der Waals surface area contributed by atoms with E-state index in [4.69, 9.17) is 5.73 Å². The van der Waals surface area contributed by atoms with Gasteiger partial charge in [0.05, 0.1) is 0 Å². The van der Waals surface area contributed by atoms with Crippen molar-refractivity contribution in [1.82, 2.24) is 4.90 Å². The van der Waals surface area contributed by atoms with Crippen molar-refractivity contribution in [2.75, 3.05) is 19.6 Å². The summed E-state index contributed by atoms with van der Waals surface area (Å²) in [6.07, 6.45) is 0. The fourth-order valence-electron chi connectivity index (χ4n) is 1.86. The molecule has 0 aliphatic carbocycles. The first-order valence-electron chi connectivity index (χ1n) is 6.56. The molecule has 3 nitrogen and oxygen atoms in total. The van der Waals surface area contributed by atoms with Crippen molar-refractivity contribution in [2.24, 2.45) is 11.7 Å². The molecule has 0 radical (unpaired) electrons. The lowest BCUT2D eigenvalue weighted by atomic mass is 10.0. The molecule has 0 aliphatic heterocycles. The number of aryl methyl sites for hydroxylation is 2. The Bertz CT molecular complexity index is 415. The number of amides is 1. The van der Waals surface area contributed by atoms with Gasteiger partial charge in [-0.1, -0.05) is 13.0 Å². The van der Waals surface area contributed by atoms with Crippen LogP contribution in [0.4, 0.5) is 0 Å². The lowest BCUT2D eigenvalue weighted by Crippen LogP contribution is -2.36. The molecular weight excluding hydrogens is 224 g/mol. The zero-order chi connectivity index (χ0) is 13.7. The fourth-order valence-corrected chi connectivity index (χ4v) is 1.86. The van der Waals surface area contributed by atoms with Crippen LogP contribution in [-0.4, -0.2) is 30.4 Å². The largest absolute Gasteiger partial charge is 0.339 e. The van der Waals surface area contributed by atoms with E-state index in [0.717, 1.165) is 24.2 Å². The number of nitrogens with two attached hydrogens (primary N) is 1. The summed E-state index contributed by atoms with van der Waals surface area (Å²) in [6.45, 7) is 10.2. The second kappa shape index (κ2) is 6.55. The zero-order valence-corrected chi connectivity index (χ0v) is 11.9. The van der Waals surface area contributed by atoms with Crippen LogP contribution < -0.4 is 5.73 Å². The molecule has 0 spiro atoms. The number of benzene rings is 1. The van der Waals surface area contributed by atoms with E-state index >= 15 is 0 Å². The lowest BCUT2D eigenvalue weighted by molar-refractivity contribution is 0.0743. The van der Waals surface area contributed by atoms with Crippen LogP contribution in [-0.2, 0) is 0 Å². The number of carbonyl (C=O) groups is 1. The van der Waals surface area contributed by atoms with Gasteiger partial charge in [-0.25, -0.2) is 0 Å². The van der Waals surface area contributed by atoms with Gasteiger partial charge in [0, 0.05) is 18.7 Å². The third kappa shape index (κ3) is 3.57. The molecular formula is C15H24N2O. The first-order valence-corrected chi connectivity index (χ1v) is 6.56. The normalized spacial score (nSPS) is 12.3. The summed E-state index contributed by atoms with van der Waals surface area (Å²) in [5.41, 5.74) is 8.76. The van der Waals surface area contributed by atoms with Crippen molar-refractivity contribution in [1.29, 1.82) is 0 Å². The molecule has 100 valence electrons. The molecule has 1 amide bonds. The van der Waals surface area contributed by atoms with Gasteiger partial charge in [-0.15, -0.1) is 0 Å².